The number of pyridine rings is 1. The van der Waals surface area contributed by atoms with Crippen molar-refractivity contribution in [3.05, 3.63) is 58.6 Å². The molecule has 1 unspecified atom stereocenters. The van der Waals surface area contributed by atoms with Crippen LogP contribution in [0.1, 0.15) is 22.8 Å². The van der Waals surface area contributed by atoms with Gasteiger partial charge < -0.3 is 9.84 Å². The number of rotatable bonds is 4. The summed E-state index contributed by atoms with van der Waals surface area (Å²) in [6.45, 7) is 2.04. The van der Waals surface area contributed by atoms with Crippen molar-refractivity contribution in [3.63, 3.8) is 0 Å². The molecule has 4 heteroatoms. The highest BCUT2D eigenvalue weighted by atomic mass is 32.1. The summed E-state index contributed by atoms with van der Waals surface area (Å²) in [6, 6.07) is 10.0. The second-order valence-electron chi connectivity index (χ2n) is 5.11. The third-order valence-corrected chi connectivity index (χ3v) is 4.41. The summed E-state index contributed by atoms with van der Waals surface area (Å²) >= 11 is 1.64. The predicted molar refractivity (Wildman–Crippen MR) is 86.0 cm³/mol. The molecule has 0 spiro atoms. The molecule has 1 atom stereocenters. The van der Waals surface area contributed by atoms with Crippen molar-refractivity contribution in [1.29, 1.82) is 0 Å². The number of thiophene rings is 1. The molecule has 2 aromatic heterocycles. The topological polar surface area (TPSA) is 42.4 Å². The molecule has 3 aromatic rings. The van der Waals surface area contributed by atoms with Crippen molar-refractivity contribution < 1.29 is 9.84 Å². The van der Waals surface area contributed by atoms with Gasteiger partial charge in [0.1, 0.15) is 5.75 Å². The lowest BCUT2D eigenvalue weighted by atomic mass is 10.0. The van der Waals surface area contributed by atoms with Gasteiger partial charge in [-0.05, 0) is 36.1 Å². The summed E-state index contributed by atoms with van der Waals surface area (Å²) in [7, 11) is 1.65. The lowest BCUT2D eigenvalue weighted by Crippen LogP contribution is -2.04. The lowest BCUT2D eigenvalue weighted by Gasteiger charge is -2.14. The largest absolute Gasteiger partial charge is 0.496 e. The van der Waals surface area contributed by atoms with Crippen molar-refractivity contribution in [2.75, 3.05) is 7.11 Å². The maximum atomic E-state index is 10.5. The summed E-state index contributed by atoms with van der Waals surface area (Å²) in [5.74, 6) is 0.810. The smallest absolute Gasteiger partial charge is 0.122 e. The highest BCUT2D eigenvalue weighted by Crippen LogP contribution is 2.28. The fraction of sp³-hybridized carbons (Fsp3) is 0.235. The number of fused-ring (bicyclic) bond motifs is 1. The van der Waals surface area contributed by atoms with E-state index in [9.17, 15) is 5.11 Å². The van der Waals surface area contributed by atoms with Gasteiger partial charge in [0.15, 0.2) is 0 Å². The third-order valence-electron chi connectivity index (χ3n) is 3.56. The molecule has 0 fully saturated rings. The molecular weight excluding hydrogens is 282 g/mol. The van der Waals surface area contributed by atoms with Gasteiger partial charge in [-0.1, -0.05) is 17.7 Å². The van der Waals surface area contributed by atoms with Gasteiger partial charge in [-0.15, -0.1) is 11.3 Å². The second kappa shape index (κ2) is 5.84. The van der Waals surface area contributed by atoms with Gasteiger partial charge in [-0.25, -0.2) is 0 Å². The van der Waals surface area contributed by atoms with Crippen molar-refractivity contribution >= 4 is 21.6 Å². The van der Waals surface area contributed by atoms with Crippen LogP contribution in [-0.2, 0) is 6.42 Å². The van der Waals surface area contributed by atoms with Gasteiger partial charge in [0.25, 0.3) is 0 Å². The highest BCUT2D eigenvalue weighted by Gasteiger charge is 2.13. The van der Waals surface area contributed by atoms with Crippen molar-refractivity contribution in [1.82, 2.24) is 4.98 Å². The van der Waals surface area contributed by atoms with Gasteiger partial charge in [0, 0.05) is 18.2 Å². The Labute approximate surface area is 127 Å². The first-order chi connectivity index (χ1) is 10.2. The minimum Gasteiger partial charge on any atom is -0.496 e. The lowest BCUT2D eigenvalue weighted by molar-refractivity contribution is 0.177. The third kappa shape index (κ3) is 2.91. The Bertz CT molecular complexity index is 766. The summed E-state index contributed by atoms with van der Waals surface area (Å²) in [6.07, 6.45) is 1.69. The van der Waals surface area contributed by atoms with Crippen molar-refractivity contribution in [2.24, 2.45) is 0 Å². The van der Waals surface area contributed by atoms with E-state index in [1.165, 1.54) is 0 Å². The SMILES string of the molecule is COc1ccc(C)cc1CC(O)c1cnc2ccsc2c1. The van der Waals surface area contributed by atoms with E-state index in [1.807, 2.05) is 36.6 Å². The van der Waals surface area contributed by atoms with Crippen molar-refractivity contribution in [3.8, 4) is 5.75 Å². The normalized spacial score (nSPS) is 12.5. The molecule has 0 amide bonds. The molecule has 1 N–H and O–H groups in total. The number of nitrogens with zero attached hydrogens (tertiary/aromatic N) is 1. The van der Waals surface area contributed by atoms with Gasteiger partial charge >= 0.3 is 0 Å². The van der Waals surface area contributed by atoms with Crippen LogP contribution < -0.4 is 4.74 Å². The molecule has 0 saturated carbocycles. The molecule has 0 saturated heterocycles. The molecular formula is C17H17NO2S. The number of hydrogen-bond acceptors (Lipinski definition) is 4. The highest BCUT2D eigenvalue weighted by molar-refractivity contribution is 7.17. The Morgan fingerprint density at radius 3 is 2.95 bits per heavy atom. The minimum absolute atomic E-state index is 0.517. The van der Waals surface area contributed by atoms with Crippen LogP contribution in [0.2, 0.25) is 0 Å². The van der Waals surface area contributed by atoms with Crippen LogP contribution in [0.5, 0.6) is 5.75 Å². The van der Waals surface area contributed by atoms with Gasteiger partial charge in [0.05, 0.1) is 23.4 Å². The fourth-order valence-electron chi connectivity index (χ4n) is 2.44. The zero-order chi connectivity index (χ0) is 14.8. The van der Waals surface area contributed by atoms with Crippen LogP contribution in [0.15, 0.2) is 41.9 Å². The number of aromatic nitrogens is 1. The number of aliphatic hydroxyl groups is 1. The van der Waals surface area contributed by atoms with Gasteiger partial charge in [-0.2, -0.15) is 0 Å². The molecule has 3 rings (SSSR count). The van der Waals surface area contributed by atoms with Crippen LogP contribution in [0, 0.1) is 6.92 Å². The number of ether oxygens (including phenoxy) is 1. The van der Waals surface area contributed by atoms with Crippen molar-refractivity contribution in [2.45, 2.75) is 19.4 Å². The van der Waals surface area contributed by atoms with E-state index in [4.69, 9.17) is 4.74 Å². The zero-order valence-electron chi connectivity index (χ0n) is 12.0. The van der Waals surface area contributed by atoms with Crippen LogP contribution in [-0.4, -0.2) is 17.2 Å². The number of methoxy groups -OCH3 is 1. The summed E-state index contributed by atoms with van der Waals surface area (Å²) in [4.78, 5) is 4.38. The number of aliphatic hydroxyl groups excluding tert-OH is 1. The van der Waals surface area contributed by atoms with E-state index in [1.54, 1.807) is 24.6 Å². The molecule has 0 aliphatic rings. The maximum absolute atomic E-state index is 10.5. The quantitative estimate of drug-likeness (QED) is 0.794. The van der Waals surface area contributed by atoms with Gasteiger partial charge in [0.2, 0.25) is 0 Å². The number of hydrogen-bond donors (Lipinski definition) is 1. The second-order valence-corrected chi connectivity index (χ2v) is 6.06. The summed E-state index contributed by atoms with van der Waals surface area (Å²) in [5, 5.41) is 12.5. The molecule has 108 valence electrons. The minimum atomic E-state index is -0.584. The van der Waals surface area contributed by atoms with Crippen LogP contribution in [0.3, 0.4) is 0 Å². The van der Waals surface area contributed by atoms with E-state index in [-0.39, 0.29) is 0 Å². The van der Waals surface area contributed by atoms with E-state index < -0.39 is 6.10 Å². The Balaban J connectivity index is 1.88. The Kier molecular flexibility index (Phi) is 3.90. The molecule has 0 bridgehead atoms. The maximum Gasteiger partial charge on any atom is 0.122 e. The summed E-state index contributed by atoms with van der Waals surface area (Å²) in [5.41, 5.74) is 3.98. The molecule has 2 heterocycles. The standard InChI is InChI=1S/C17H17NO2S/c1-11-3-4-16(20-2)12(7-11)8-15(19)13-9-17-14(18-10-13)5-6-21-17/h3-7,9-10,15,19H,8H2,1-2H3. The van der Waals surface area contributed by atoms with E-state index in [0.29, 0.717) is 6.42 Å². The molecule has 0 aliphatic carbocycles. The molecule has 1 aromatic carbocycles. The van der Waals surface area contributed by atoms with Crippen LogP contribution in [0.25, 0.3) is 10.2 Å². The first-order valence-electron chi connectivity index (χ1n) is 6.82. The monoisotopic (exact) mass is 299 g/mol. The molecule has 0 radical (unpaired) electrons. The average Bonchev–Trinajstić information content (AvgIpc) is 2.94. The number of benzene rings is 1. The fourth-order valence-corrected chi connectivity index (χ4v) is 3.23. The zero-order valence-corrected chi connectivity index (χ0v) is 12.9. The van der Waals surface area contributed by atoms with E-state index in [2.05, 4.69) is 11.1 Å². The van der Waals surface area contributed by atoms with Gasteiger partial charge in [-0.3, -0.25) is 4.98 Å². The van der Waals surface area contributed by atoms with Crippen LogP contribution >= 0.6 is 11.3 Å². The van der Waals surface area contributed by atoms with Crippen LogP contribution in [0.4, 0.5) is 0 Å². The van der Waals surface area contributed by atoms with E-state index >= 15 is 0 Å². The molecule has 21 heavy (non-hydrogen) atoms. The average molecular weight is 299 g/mol. The summed E-state index contributed by atoms with van der Waals surface area (Å²) < 4.78 is 6.47. The molecule has 3 nitrogen and oxygen atoms in total. The Morgan fingerprint density at radius 2 is 2.14 bits per heavy atom. The molecule has 0 aliphatic heterocycles. The number of aryl methyl sites for hydroxylation is 1. The Morgan fingerprint density at radius 1 is 1.29 bits per heavy atom. The van der Waals surface area contributed by atoms with E-state index in [0.717, 1.165) is 32.7 Å². The first kappa shape index (κ1) is 14.0. The first-order valence-corrected chi connectivity index (χ1v) is 7.70. The Hall–Kier alpha value is -1.91. The predicted octanol–water partition coefficient (Wildman–Crippen LogP) is 3.89.